The van der Waals surface area contributed by atoms with Crippen LogP contribution in [-0.4, -0.2) is 30.1 Å². The first-order valence-electron chi connectivity index (χ1n) is 7.41. The highest BCUT2D eigenvalue weighted by Gasteiger charge is 2.17. The summed E-state index contributed by atoms with van der Waals surface area (Å²) in [7, 11) is 0. The van der Waals surface area contributed by atoms with E-state index in [1.807, 2.05) is 0 Å². The van der Waals surface area contributed by atoms with Gasteiger partial charge >= 0.3 is 5.97 Å². The van der Waals surface area contributed by atoms with Gasteiger partial charge in [0.1, 0.15) is 6.42 Å². The predicted molar refractivity (Wildman–Crippen MR) is 82.9 cm³/mol. The van der Waals surface area contributed by atoms with Crippen LogP contribution in [-0.2, 0) is 4.79 Å². The quantitative estimate of drug-likeness (QED) is 0.891. The summed E-state index contributed by atoms with van der Waals surface area (Å²) >= 11 is 0. The third kappa shape index (κ3) is 3.98. The van der Waals surface area contributed by atoms with E-state index in [1.165, 1.54) is 18.9 Å². The summed E-state index contributed by atoms with van der Waals surface area (Å²) in [5.41, 5.74) is 1.39. The molecule has 0 bridgehead atoms. The summed E-state index contributed by atoms with van der Waals surface area (Å²) in [4.78, 5) is 25.0. The molecule has 116 valence electrons. The van der Waals surface area contributed by atoms with Crippen LogP contribution in [0.15, 0.2) is 18.2 Å². The van der Waals surface area contributed by atoms with Gasteiger partial charge in [-0.1, -0.05) is 12.8 Å². The van der Waals surface area contributed by atoms with Gasteiger partial charge in [0.15, 0.2) is 0 Å². The van der Waals surface area contributed by atoms with Crippen LogP contribution in [0.3, 0.4) is 0 Å². The van der Waals surface area contributed by atoms with Crippen molar-refractivity contribution in [2.24, 2.45) is 0 Å². The van der Waals surface area contributed by atoms with Gasteiger partial charge in [-0.15, -0.1) is 0 Å². The van der Waals surface area contributed by atoms with Crippen LogP contribution in [0.4, 0.5) is 11.4 Å². The Hall–Kier alpha value is -2.55. The highest BCUT2D eigenvalue weighted by molar-refractivity contribution is 5.98. The van der Waals surface area contributed by atoms with Gasteiger partial charge < -0.3 is 15.3 Å². The number of carboxylic acids is 1. The van der Waals surface area contributed by atoms with E-state index >= 15 is 0 Å². The fraction of sp³-hybridized carbons (Fsp3) is 0.438. The lowest BCUT2D eigenvalue weighted by molar-refractivity contribution is -0.115. The van der Waals surface area contributed by atoms with Crippen molar-refractivity contribution in [3.63, 3.8) is 0 Å². The number of hydrogen-bond acceptors (Lipinski definition) is 4. The van der Waals surface area contributed by atoms with E-state index in [0.717, 1.165) is 31.6 Å². The molecule has 0 saturated carbocycles. The maximum Gasteiger partial charge on any atom is 0.335 e. The molecule has 1 saturated heterocycles. The zero-order valence-corrected chi connectivity index (χ0v) is 12.3. The van der Waals surface area contributed by atoms with Crippen molar-refractivity contribution in [1.82, 2.24) is 0 Å². The minimum atomic E-state index is -1.04. The maximum atomic E-state index is 11.7. The van der Waals surface area contributed by atoms with Crippen LogP contribution in [0.2, 0.25) is 0 Å². The van der Waals surface area contributed by atoms with Crippen molar-refractivity contribution in [2.75, 3.05) is 23.3 Å². The summed E-state index contributed by atoms with van der Waals surface area (Å²) < 4.78 is 0. The van der Waals surface area contributed by atoms with E-state index < -0.39 is 11.9 Å². The molecule has 2 N–H and O–H groups in total. The Labute approximate surface area is 129 Å². The first kappa shape index (κ1) is 15.8. The predicted octanol–water partition coefficient (Wildman–Crippen LogP) is 2.62. The number of nitrogens with one attached hydrogen (secondary N) is 1. The third-order valence-corrected chi connectivity index (χ3v) is 3.70. The molecule has 0 unspecified atom stereocenters. The second-order valence-electron chi connectivity index (χ2n) is 5.32. The molecule has 2 rings (SSSR count). The third-order valence-electron chi connectivity index (χ3n) is 3.70. The highest BCUT2D eigenvalue weighted by Crippen LogP contribution is 2.29. The topological polar surface area (TPSA) is 93.4 Å². The summed E-state index contributed by atoms with van der Waals surface area (Å²) in [6, 6.07) is 6.53. The van der Waals surface area contributed by atoms with Crippen LogP contribution in [0.1, 0.15) is 42.5 Å². The number of nitriles is 1. The van der Waals surface area contributed by atoms with E-state index in [4.69, 9.17) is 10.4 Å². The average molecular weight is 301 g/mol. The largest absolute Gasteiger partial charge is 0.478 e. The second kappa shape index (κ2) is 7.46. The Bertz CT molecular complexity index is 599. The number of hydrogen-bond donors (Lipinski definition) is 2. The molecule has 1 aliphatic heterocycles. The first-order valence-corrected chi connectivity index (χ1v) is 7.41. The fourth-order valence-electron chi connectivity index (χ4n) is 2.62. The average Bonchev–Trinajstić information content (AvgIpc) is 2.76. The Balaban J connectivity index is 2.32. The van der Waals surface area contributed by atoms with Gasteiger partial charge in [-0.05, 0) is 31.0 Å². The molecule has 1 heterocycles. The zero-order valence-electron chi connectivity index (χ0n) is 12.3. The lowest BCUT2D eigenvalue weighted by atomic mass is 10.1. The standard InChI is InChI=1S/C16H19N3O3/c17-8-7-15(20)18-13-11-12(16(21)22)5-6-14(13)19-9-3-1-2-4-10-19/h5-6,11H,1-4,7,9-10H2,(H,18,20)(H,21,22). The molecule has 1 fully saturated rings. The number of anilines is 2. The van der Waals surface area contributed by atoms with Crippen LogP contribution in [0, 0.1) is 11.3 Å². The molecule has 1 amide bonds. The number of carbonyl (C=O) groups is 2. The van der Waals surface area contributed by atoms with E-state index in [2.05, 4.69) is 10.2 Å². The van der Waals surface area contributed by atoms with Crippen molar-refractivity contribution in [3.05, 3.63) is 23.8 Å². The lowest BCUT2D eigenvalue weighted by Gasteiger charge is -2.25. The highest BCUT2D eigenvalue weighted by atomic mass is 16.4. The van der Waals surface area contributed by atoms with Crippen molar-refractivity contribution in [1.29, 1.82) is 5.26 Å². The minimum Gasteiger partial charge on any atom is -0.478 e. The molecular formula is C16H19N3O3. The number of rotatable bonds is 4. The van der Waals surface area contributed by atoms with E-state index in [9.17, 15) is 9.59 Å². The van der Waals surface area contributed by atoms with E-state index in [-0.39, 0.29) is 12.0 Å². The van der Waals surface area contributed by atoms with Gasteiger partial charge in [-0.2, -0.15) is 5.26 Å². The summed E-state index contributed by atoms with van der Waals surface area (Å²) in [6.45, 7) is 1.76. The number of aromatic carboxylic acids is 1. The Morgan fingerprint density at radius 1 is 1.23 bits per heavy atom. The zero-order chi connectivity index (χ0) is 15.9. The molecule has 6 heteroatoms. The molecule has 1 aromatic rings. The normalized spacial score (nSPS) is 14.8. The molecule has 0 aromatic heterocycles. The number of carboxylic acid groups (broad SMARTS) is 1. The van der Waals surface area contributed by atoms with Gasteiger partial charge in [-0.25, -0.2) is 4.79 Å². The summed E-state index contributed by atoms with van der Waals surface area (Å²) in [6.07, 6.45) is 4.26. The summed E-state index contributed by atoms with van der Waals surface area (Å²) in [5.74, 6) is -1.47. The van der Waals surface area contributed by atoms with Crippen LogP contribution >= 0.6 is 0 Å². The molecule has 0 atom stereocenters. The molecule has 0 aliphatic carbocycles. The molecule has 0 spiro atoms. The second-order valence-corrected chi connectivity index (χ2v) is 5.32. The van der Waals surface area contributed by atoms with Gasteiger partial charge in [-0.3, -0.25) is 4.79 Å². The van der Waals surface area contributed by atoms with Crippen LogP contribution in [0.25, 0.3) is 0 Å². The molecule has 22 heavy (non-hydrogen) atoms. The number of nitrogens with zero attached hydrogens (tertiary/aromatic N) is 2. The monoisotopic (exact) mass is 301 g/mol. The van der Waals surface area contributed by atoms with Gasteiger partial charge in [0.25, 0.3) is 0 Å². The van der Waals surface area contributed by atoms with Crippen molar-refractivity contribution in [2.45, 2.75) is 32.1 Å². The Morgan fingerprint density at radius 2 is 1.91 bits per heavy atom. The van der Waals surface area contributed by atoms with Crippen molar-refractivity contribution >= 4 is 23.3 Å². The minimum absolute atomic E-state index is 0.117. The molecule has 6 nitrogen and oxygen atoms in total. The number of amides is 1. The number of carbonyl (C=O) groups excluding carboxylic acids is 1. The summed E-state index contributed by atoms with van der Waals surface area (Å²) in [5, 5.41) is 20.4. The van der Waals surface area contributed by atoms with Gasteiger partial charge in [0.05, 0.1) is 23.0 Å². The van der Waals surface area contributed by atoms with Crippen molar-refractivity contribution in [3.8, 4) is 6.07 Å². The fourth-order valence-corrected chi connectivity index (χ4v) is 2.62. The number of benzene rings is 1. The van der Waals surface area contributed by atoms with Crippen LogP contribution in [0.5, 0.6) is 0 Å². The van der Waals surface area contributed by atoms with Gasteiger partial charge in [0.2, 0.25) is 5.91 Å². The van der Waals surface area contributed by atoms with Gasteiger partial charge in [0, 0.05) is 13.1 Å². The Kier molecular flexibility index (Phi) is 5.37. The Morgan fingerprint density at radius 3 is 2.50 bits per heavy atom. The molecule has 0 radical (unpaired) electrons. The van der Waals surface area contributed by atoms with Crippen molar-refractivity contribution < 1.29 is 14.7 Å². The molecule has 1 aromatic carbocycles. The van der Waals surface area contributed by atoms with E-state index in [1.54, 1.807) is 18.2 Å². The first-order chi connectivity index (χ1) is 10.6. The maximum absolute atomic E-state index is 11.7. The van der Waals surface area contributed by atoms with E-state index in [0.29, 0.717) is 5.69 Å². The molecular weight excluding hydrogens is 282 g/mol. The SMILES string of the molecule is N#CCC(=O)Nc1cc(C(=O)O)ccc1N1CCCCCC1. The molecule has 1 aliphatic rings. The lowest BCUT2D eigenvalue weighted by Crippen LogP contribution is -2.26. The smallest absolute Gasteiger partial charge is 0.335 e. The van der Waals surface area contributed by atoms with Crippen LogP contribution < -0.4 is 10.2 Å².